The van der Waals surface area contributed by atoms with E-state index in [1.807, 2.05) is 0 Å². The van der Waals surface area contributed by atoms with Crippen molar-refractivity contribution in [1.29, 1.82) is 0 Å². The first kappa shape index (κ1) is 21.9. The highest BCUT2D eigenvalue weighted by atomic mass is 35.5. The zero-order chi connectivity index (χ0) is 21.5. The Labute approximate surface area is 155 Å². The topological polar surface area (TPSA) is 29.1 Å². The summed E-state index contributed by atoms with van der Waals surface area (Å²) in [5.74, 6) is -1.59. The molecule has 152 valence electrons. The molecular weight excluding hydrogens is 429 g/mol. The van der Waals surface area contributed by atoms with Crippen LogP contribution in [0.2, 0.25) is 5.02 Å². The maximum atomic E-state index is 13.0. The maximum absolute atomic E-state index is 13.0. The van der Waals surface area contributed by atoms with Crippen LogP contribution >= 0.6 is 11.6 Å². The minimum atomic E-state index is -5.21. The summed E-state index contributed by atoms with van der Waals surface area (Å²) in [7, 11) is 0. The van der Waals surface area contributed by atoms with Gasteiger partial charge in [-0.3, -0.25) is 4.79 Å². The third-order valence-electron chi connectivity index (χ3n) is 3.39. The van der Waals surface area contributed by atoms with E-state index in [-0.39, 0.29) is 23.2 Å². The molecule has 0 heterocycles. The van der Waals surface area contributed by atoms with E-state index in [0.717, 1.165) is 12.1 Å². The summed E-state index contributed by atoms with van der Waals surface area (Å²) in [4.78, 5) is 12.1. The average molecular weight is 436 g/mol. The van der Waals surface area contributed by atoms with Crippen molar-refractivity contribution < 1.29 is 44.3 Å². The van der Waals surface area contributed by atoms with Gasteiger partial charge < -0.3 is 5.32 Å². The molecule has 0 aromatic heterocycles. The fourth-order valence-electron chi connectivity index (χ4n) is 2.14. The van der Waals surface area contributed by atoms with Crippen molar-refractivity contribution in [2.75, 3.05) is 5.32 Å². The quantitative estimate of drug-likeness (QED) is 0.526. The van der Waals surface area contributed by atoms with Crippen LogP contribution in [0.5, 0.6) is 0 Å². The van der Waals surface area contributed by atoms with Crippen LogP contribution in [0, 0.1) is 0 Å². The zero-order valence-corrected chi connectivity index (χ0v) is 13.9. The molecule has 0 aliphatic rings. The average Bonchev–Trinajstić information content (AvgIpc) is 2.53. The summed E-state index contributed by atoms with van der Waals surface area (Å²) in [5, 5.41) is 1.32. The second-order valence-electron chi connectivity index (χ2n) is 5.44. The number of amides is 1. The fourth-order valence-corrected chi connectivity index (χ4v) is 2.31. The van der Waals surface area contributed by atoms with E-state index in [2.05, 4.69) is 0 Å². The molecule has 0 aliphatic heterocycles. The maximum Gasteiger partial charge on any atom is 0.418 e. The van der Waals surface area contributed by atoms with Crippen molar-refractivity contribution in [3.05, 3.63) is 63.7 Å². The van der Waals surface area contributed by atoms with Crippen molar-refractivity contribution in [2.45, 2.75) is 18.5 Å². The van der Waals surface area contributed by atoms with Gasteiger partial charge in [0.05, 0.1) is 22.4 Å². The third-order valence-corrected chi connectivity index (χ3v) is 3.62. The second-order valence-corrected chi connectivity index (χ2v) is 5.87. The number of benzene rings is 2. The molecule has 0 spiro atoms. The smallest absolute Gasteiger partial charge is 0.321 e. The van der Waals surface area contributed by atoms with Gasteiger partial charge in [0, 0.05) is 10.6 Å². The van der Waals surface area contributed by atoms with Crippen LogP contribution in [0.1, 0.15) is 27.0 Å². The van der Waals surface area contributed by atoms with Crippen LogP contribution in [0.25, 0.3) is 0 Å². The molecule has 1 N–H and O–H groups in total. The van der Waals surface area contributed by atoms with Crippen LogP contribution in [0.15, 0.2) is 36.4 Å². The Morgan fingerprint density at radius 3 is 1.68 bits per heavy atom. The van der Waals surface area contributed by atoms with E-state index in [4.69, 9.17) is 11.6 Å². The molecule has 0 bridgehead atoms. The van der Waals surface area contributed by atoms with E-state index in [1.54, 1.807) is 5.32 Å². The van der Waals surface area contributed by atoms with Crippen molar-refractivity contribution in [3.8, 4) is 0 Å². The lowest BCUT2D eigenvalue weighted by atomic mass is 10.0. The van der Waals surface area contributed by atoms with Crippen LogP contribution in [0.4, 0.5) is 45.2 Å². The Morgan fingerprint density at radius 2 is 1.25 bits per heavy atom. The largest absolute Gasteiger partial charge is 0.418 e. The zero-order valence-electron chi connectivity index (χ0n) is 13.2. The Bertz CT molecular complexity index is 868. The monoisotopic (exact) mass is 435 g/mol. The van der Waals surface area contributed by atoms with E-state index < -0.39 is 52.4 Å². The Kier molecular flexibility index (Phi) is 5.61. The molecule has 12 heteroatoms. The van der Waals surface area contributed by atoms with Crippen LogP contribution in [0.3, 0.4) is 0 Å². The lowest BCUT2D eigenvalue weighted by molar-refractivity contribution is -0.143. The van der Waals surface area contributed by atoms with Gasteiger partial charge in [-0.1, -0.05) is 11.6 Å². The number of rotatable bonds is 2. The molecule has 0 radical (unpaired) electrons. The Morgan fingerprint density at radius 1 is 0.750 bits per heavy atom. The van der Waals surface area contributed by atoms with Gasteiger partial charge in [0.25, 0.3) is 5.91 Å². The van der Waals surface area contributed by atoms with Gasteiger partial charge in [-0.15, -0.1) is 0 Å². The number of carbonyl (C=O) groups excluding carboxylic acids is 1. The molecule has 2 aromatic rings. The predicted octanol–water partition coefficient (Wildman–Crippen LogP) is 6.65. The van der Waals surface area contributed by atoms with Gasteiger partial charge in [0.1, 0.15) is 0 Å². The highest BCUT2D eigenvalue weighted by molar-refractivity contribution is 6.30. The summed E-state index contributed by atoms with van der Waals surface area (Å²) < 4.78 is 116. The van der Waals surface area contributed by atoms with Crippen molar-refractivity contribution in [2.24, 2.45) is 0 Å². The molecule has 0 unspecified atom stereocenters. The van der Waals surface area contributed by atoms with E-state index in [1.165, 1.54) is 0 Å². The molecule has 2 aromatic carbocycles. The molecular formula is C16H7ClF9NO. The Balaban J connectivity index is 2.51. The highest BCUT2D eigenvalue weighted by Crippen LogP contribution is 2.38. The minimum absolute atomic E-state index is 0.105. The molecule has 0 saturated heterocycles. The first-order chi connectivity index (χ1) is 12.6. The van der Waals surface area contributed by atoms with Crippen molar-refractivity contribution >= 4 is 23.2 Å². The fraction of sp³-hybridized carbons (Fsp3) is 0.188. The molecule has 2 rings (SSSR count). The highest BCUT2D eigenvalue weighted by Gasteiger charge is 2.38. The lowest BCUT2D eigenvalue weighted by Gasteiger charge is -2.16. The summed E-state index contributed by atoms with van der Waals surface area (Å²) >= 11 is 5.46. The summed E-state index contributed by atoms with van der Waals surface area (Å²) in [6.45, 7) is 0. The molecule has 1 amide bonds. The first-order valence-corrected chi connectivity index (χ1v) is 7.44. The van der Waals surface area contributed by atoms with Gasteiger partial charge in [0.15, 0.2) is 0 Å². The normalized spacial score (nSPS) is 12.8. The van der Waals surface area contributed by atoms with Crippen molar-refractivity contribution in [1.82, 2.24) is 0 Å². The summed E-state index contributed by atoms with van der Waals surface area (Å²) in [6, 6.07) is 2.13. The number of halogens is 10. The van der Waals surface area contributed by atoms with E-state index in [0.29, 0.717) is 6.07 Å². The van der Waals surface area contributed by atoms with Gasteiger partial charge in [-0.2, -0.15) is 39.5 Å². The van der Waals surface area contributed by atoms with Crippen LogP contribution in [-0.4, -0.2) is 5.91 Å². The Hall–Kier alpha value is -2.43. The van der Waals surface area contributed by atoms with Gasteiger partial charge in [-0.25, -0.2) is 0 Å². The molecule has 0 aliphatic carbocycles. The second kappa shape index (κ2) is 7.19. The van der Waals surface area contributed by atoms with Crippen LogP contribution < -0.4 is 5.32 Å². The number of hydrogen-bond acceptors (Lipinski definition) is 1. The number of carbonyl (C=O) groups is 1. The van der Waals surface area contributed by atoms with Crippen LogP contribution in [-0.2, 0) is 18.5 Å². The predicted molar refractivity (Wildman–Crippen MR) is 80.9 cm³/mol. The number of anilines is 1. The summed E-state index contributed by atoms with van der Waals surface area (Å²) in [6.07, 6.45) is -15.4. The first-order valence-electron chi connectivity index (χ1n) is 7.06. The third kappa shape index (κ3) is 5.09. The lowest BCUT2D eigenvalue weighted by Crippen LogP contribution is -2.19. The minimum Gasteiger partial charge on any atom is -0.321 e. The SMILES string of the molecule is O=C(Nc1ccc(Cl)cc1C(F)(F)F)c1cc(C(F)(F)F)cc(C(F)(F)F)c1. The molecule has 0 saturated carbocycles. The number of hydrogen-bond donors (Lipinski definition) is 1. The van der Waals surface area contributed by atoms with Crippen molar-refractivity contribution in [3.63, 3.8) is 0 Å². The standard InChI is InChI=1S/C16H7ClF9NO/c17-10-1-2-12(11(6-10)16(24,25)26)27-13(28)7-3-8(14(18,19)20)5-9(4-7)15(21,22)23/h1-6H,(H,27,28). The molecule has 2 nitrogen and oxygen atoms in total. The number of nitrogens with one attached hydrogen (secondary N) is 1. The molecule has 0 fully saturated rings. The molecule has 0 atom stereocenters. The van der Waals surface area contributed by atoms with E-state index >= 15 is 0 Å². The molecule has 28 heavy (non-hydrogen) atoms. The van der Waals surface area contributed by atoms with Gasteiger partial charge in [0.2, 0.25) is 0 Å². The van der Waals surface area contributed by atoms with Gasteiger partial charge in [-0.05, 0) is 36.4 Å². The van der Waals surface area contributed by atoms with E-state index in [9.17, 15) is 44.3 Å². The summed E-state index contributed by atoms with van der Waals surface area (Å²) in [5.41, 5.74) is -6.98. The number of alkyl halides is 9. The van der Waals surface area contributed by atoms with Gasteiger partial charge >= 0.3 is 18.5 Å².